The van der Waals surface area contributed by atoms with E-state index in [9.17, 15) is 9.18 Å². The molecule has 0 saturated carbocycles. The number of H-pyrrole nitrogens is 1. The van der Waals surface area contributed by atoms with E-state index >= 15 is 0 Å². The highest BCUT2D eigenvalue weighted by molar-refractivity contribution is 6.31. The van der Waals surface area contributed by atoms with Crippen LogP contribution in [0.3, 0.4) is 0 Å². The summed E-state index contributed by atoms with van der Waals surface area (Å²) in [4.78, 5) is 14.6. The number of nitrogens with zero attached hydrogens (tertiary/aromatic N) is 2. The number of halogens is 2. The largest absolute Gasteiger partial charge is 0.378 e. The molecular weight excluding hydrogens is 319 g/mol. The second kappa shape index (κ2) is 6.66. The van der Waals surface area contributed by atoms with Crippen LogP contribution in [-0.4, -0.2) is 14.8 Å². The topological polar surface area (TPSA) is 62.7 Å². The van der Waals surface area contributed by atoms with Gasteiger partial charge in [0.25, 0.3) is 0 Å². The Morgan fingerprint density at radius 1 is 1.17 bits per heavy atom. The number of aromatic amines is 1. The van der Waals surface area contributed by atoms with Crippen molar-refractivity contribution in [3.8, 4) is 0 Å². The molecule has 5 nitrogen and oxygen atoms in total. The Bertz CT molecular complexity index is 857. The number of hydrogen-bond acceptors (Lipinski definition) is 3. The van der Waals surface area contributed by atoms with Crippen LogP contribution >= 0.6 is 11.6 Å². The van der Waals surface area contributed by atoms with Gasteiger partial charge in [-0.15, -0.1) is 0 Å². The third-order valence-corrected chi connectivity index (χ3v) is 3.68. The van der Waals surface area contributed by atoms with Crippen molar-refractivity contribution in [1.82, 2.24) is 14.8 Å². The third-order valence-electron chi connectivity index (χ3n) is 3.31. The van der Waals surface area contributed by atoms with E-state index < -0.39 is 0 Å². The fourth-order valence-electron chi connectivity index (χ4n) is 2.13. The van der Waals surface area contributed by atoms with Gasteiger partial charge in [0.05, 0.1) is 13.1 Å². The highest BCUT2D eigenvalue weighted by Gasteiger charge is 2.07. The number of rotatable bonds is 5. The molecule has 1 aromatic heterocycles. The highest BCUT2D eigenvalue weighted by Crippen LogP contribution is 2.15. The Kier molecular flexibility index (Phi) is 4.43. The van der Waals surface area contributed by atoms with Crippen LogP contribution in [0.4, 0.5) is 10.1 Å². The van der Waals surface area contributed by atoms with Gasteiger partial charge in [-0.1, -0.05) is 29.8 Å². The van der Waals surface area contributed by atoms with Crippen molar-refractivity contribution >= 4 is 17.3 Å². The van der Waals surface area contributed by atoms with E-state index in [1.165, 1.54) is 16.8 Å². The Morgan fingerprint density at radius 2 is 1.91 bits per heavy atom. The smallest absolute Gasteiger partial charge is 0.343 e. The lowest BCUT2D eigenvalue weighted by molar-refractivity contribution is 0.628. The maximum Gasteiger partial charge on any atom is 0.343 e. The van der Waals surface area contributed by atoms with Crippen LogP contribution in [0.1, 0.15) is 11.4 Å². The molecule has 1 heterocycles. The molecule has 2 aromatic carbocycles. The third kappa shape index (κ3) is 3.78. The number of benzene rings is 2. The molecule has 0 unspecified atom stereocenters. The zero-order chi connectivity index (χ0) is 16.2. The predicted octanol–water partition coefficient (Wildman–Crippen LogP) is 3.02. The van der Waals surface area contributed by atoms with E-state index in [1.54, 1.807) is 18.2 Å². The summed E-state index contributed by atoms with van der Waals surface area (Å²) in [5.74, 6) is 0.194. The Balaban J connectivity index is 1.70. The molecule has 0 atom stereocenters. The van der Waals surface area contributed by atoms with Crippen LogP contribution < -0.4 is 11.0 Å². The molecule has 2 N–H and O–H groups in total. The van der Waals surface area contributed by atoms with Gasteiger partial charge in [0, 0.05) is 10.7 Å². The van der Waals surface area contributed by atoms with Gasteiger partial charge in [0.2, 0.25) is 0 Å². The summed E-state index contributed by atoms with van der Waals surface area (Å²) in [5.41, 5.74) is 1.26. The Hall–Kier alpha value is -2.60. The molecule has 7 heteroatoms. The molecule has 0 fully saturated rings. The first-order valence-electron chi connectivity index (χ1n) is 7.00. The van der Waals surface area contributed by atoms with Crippen LogP contribution in [0.2, 0.25) is 5.02 Å². The SMILES string of the molecule is O=c1[nH]c(CNc2ccc(F)cc2)nn1Cc1ccccc1Cl. The van der Waals surface area contributed by atoms with Gasteiger partial charge >= 0.3 is 5.69 Å². The molecule has 118 valence electrons. The summed E-state index contributed by atoms with van der Waals surface area (Å²) in [6, 6.07) is 13.3. The van der Waals surface area contributed by atoms with Gasteiger partial charge in [-0.05, 0) is 35.9 Å². The molecule has 0 bridgehead atoms. The lowest BCUT2D eigenvalue weighted by atomic mass is 10.2. The van der Waals surface area contributed by atoms with Crippen molar-refractivity contribution in [2.75, 3.05) is 5.32 Å². The van der Waals surface area contributed by atoms with Crippen molar-refractivity contribution in [2.24, 2.45) is 0 Å². The number of aromatic nitrogens is 3. The molecule has 0 radical (unpaired) electrons. The summed E-state index contributed by atoms with van der Waals surface area (Å²) >= 11 is 6.09. The van der Waals surface area contributed by atoms with Crippen molar-refractivity contribution in [3.63, 3.8) is 0 Å². The molecule has 0 amide bonds. The first kappa shape index (κ1) is 15.3. The molecule has 0 aliphatic heterocycles. The second-order valence-electron chi connectivity index (χ2n) is 4.99. The van der Waals surface area contributed by atoms with Gasteiger partial charge in [0.15, 0.2) is 0 Å². The van der Waals surface area contributed by atoms with E-state index in [1.807, 2.05) is 18.2 Å². The van der Waals surface area contributed by atoms with Crippen molar-refractivity contribution in [3.05, 3.63) is 81.2 Å². The van der Waals surface area contributed by atoms with Gasteiger partial charge < -0.3 is 5.32 Å². The van der Waals surface area contributed by atoms with Crippen molar-refractivity contribution in [2.45, 2.75) is 13.1 Å². The summed E-state index contributed by atoms with van der Waals surface area (Å²) in [5, 5.41) is 7.89. The van der Waals surface area contributed by atoms with Gasteiger partial charge in [-0.2, -0.15) is 5.10 Å². The Morgan fingerprint density at radius 3 is 2.65 bits per heavy atom. The highest BCUT2D eigenvalue weighted by atomic mass is 35.5. The minimum atomic E-state index is -0.305. The van der Waals surface area contributed by atoms with E-state index in [-0.39, 0.29) is 11.5 Å². The number of hydrogen-bond donors (Lipinski definition) is 2. The molecule has 0 saturated heterocycles. The number of anilines is 1. The molecule has 0 aliphatic rings. The monoisotopic (exact) mass is 332 g/mol. The van der Waals surface area contributed by atoms with E-state index in [0.717, 1.165) is 11.3 Å². The van der Waals surface area contributed by atoms with Gasteiger partial charge in [-0.3, -0.25) is 4.98 Å². The first-order chi connectivity index (χ1) is 11.1. The lowest BCUT2D eigenvalue weighted by Crippen LogP contribution is -2.18. The van der Waals surface area contributed by atoms with Crippen molar-refractivity contribution < 1.29 is 4.39 Å². The fourth-order valence-corrected chi connectivity index (χ4v) is 2.33. The zero-order valence-corrected chi connectivity index (χ0v) is 12.8. The van der Waals surface area contributed by atoms with Crippen molar-refractivity contribution in [1.29, 1.82) is 0 Å². The molecule has 0 spiro atoms. The number of nitrogens with one attached hydrogen (secondary N) is 2. The summed E-state index contributed by atoms with van der Waals surface area (Å²) in [6.45, 7) is 0.627. The molecule has 23 heavy (non-hydrogen) atoms. The second-order valence-corrected chi connectivity index (χ2v) is 5.39. The zero-order valence-electron chi connectivity index (χ0n) is 12.1. The average Bonchev–Trinajstić information content (AvgIpc) is 2.89. The minimum Gasteiger partial charge on any atom is -0.378 e. The fraction of sp³-hybridized carbons (Fsp3) is 0.125. The van der Waals surface area contributed by atoms with Crippen LogP contribution in [0, 0.1) is 5.82 Å². The molecular formula is C16H14ClFN4O. The summed E-state index contributed by atoms with van der Waals surface area (Å²) in [6.07, 6.45) is 0. The summed E-state index contributed by atoms with van der Waals surface area (Å²) < 4.78 is 14.2. The minimum absolute atomic E-state index is 0.297. The van der Waals surface area contributed by atoms with Crippen LogP contribution in [0.15, 0.2) is 53.3 Å². The molecule has 3 rings (SSSR count). The van der Waals surface area contributed by atoms with E-state index in [2.05, 4.69) is 15.4 Å². The molecule has 3 aromatic rings. The van der Waals surface area contributed by atoms with Crippen LogP contribution in [0.5, 0.6) is 0 Å². The van der Waals surface area contributed by atoms with E-state index in [0.29, 0.717) is 23.9 Å². The van der Waals surface area contributed by atoms with Crippen LogP contribution in [-0.2, 0) is 13.1 Å². The average molecular weight is 333 g/mol. The quantitative estimate of drug-likeness (QED) is 0.755. The first-order valence-corrected chi connectivity index (χ1v) is 7.38. The summed E-state index contributed by atoms with van der Waals surface area (Å²) in [7, 11) is 0. The standard InChI is InChI=1S/C16H14ClFN4O/c17-14-4-2-1-3-11(14)10-22-16(23)20-15(21-22)9-19-13-7-5-12(18)6-8-13/h1-8,19H,9-10H2,(H,20,21,23). The van der Waals surface area contributed by atoms with E-state index in [4.69, 9.17) is 11.6 Å². The van der Waals surface area contributed by atoms with Gasteiger partial charge in [0.1, 0.15) is 11.6 Å². The van der Waals surface area contributed by atoms with Crippen LogP contribution in [0.25, 0.3) is 0 Å². The Labute approximate surface area is 136 Å². The van der Waals surface area contributed by atoms with Gasteiger partial charge in [-0.25, -0.2) is 13.9 Å². The molecule has 0 aliphatic carbocycles. The normalized spacial score (nSPS) is 10.7. The maximum atomic E-state index is 12.8. The maximum absolute atomic E-state index is 12.8. The lowest BCUT2D eigenvalue weighted by Gasteiger charge is -2.04. The predicted molar refractivity (Wildman–Crippen MR) is 87.1 cm³/mol.